The van der Waals surface area contributed by atoms with Gasteiger partial charge >= 0.3 is 5.97 Å². The molecule has 2 amide bonds. The Morgan fingerprint density at radius 3 is 2.69 bits per heavy atom. The Hall–Kier alpha value is -2.48. The van der Waals surface area contributed by atoms with Crippen LogP contribution in [0.2, 0.25) is 5.02 Å². The second-order valence-corrected chi connectivity index (χ2v) is 7.48. The summed E-state index contributed by atoms with van der Waals surface area (Å²) in [7, 11) is 0. The number of imide groups is 1. The highest BCUT2D eigenvalue weighted by Gasteiger charge is 2.13. The van der Waals surface area contributed by atoms with Crippen LogP contribution in [0.3, 0.4) is 0 Å². The minimum Gasteiger partial charge on any atom is -0.452 e. The van der Waals surface area contributed by atoms with Crippen LogP contribution in [0.4, 0.5) is 0 Å². The molecule has 0 radical (unpaired) electrons. The maximum absolute atomic E-state index is 11.8. The summed E-state index contributed by atoms with van der Waals surface area (Å²) in [6, 6.07) is 10.9. The Bertz CT molecular complexity index is 992. The molecule has 26 heavy (non-hydrogen) atoms. The Morgan fingerprint density at radius 1 is 1.15 bits per heavy atom. The van der Waals surface area contributed by atoms with Crippen LogP contribution in [-0.4, -0.2) is 24.4 Å². The van der Waals surface area contributed by atoms with Crippen molar-refractivity contribution in [1.29, 1.82) is 0 Å². The molecule has 3 aromatic rings. The van der Waals surface area contributed by atoms with Crippen molar-refractivity contribution < 1.29 is 19.1 Å². The molecule has 8 heteroatoms. The van der Waals surface area contributed by atoms with E-state index in [1.165, 1.54) is 28.7 Å². The zero-order chi connectivity index (χ0) is 18.5. The normalized spacial score (nSPS) is 11.0. The van der Waals surface area contributed by atoms with Crippen LogP contribution in [0.1, 0.15) is 14.5 Å². The first-order valence-electron chi connectivity index (χ1n) is 7.44. The monoisotopic (exact) mass is 405 g/mol. The van der Waals surface area contributed by atoms with E-state index in [0.29, 0.717) is 9.90 Å². The summed E-state index contributed by atoms with van der Waals surface area (Å²) in [4.78, 5) is 36.2. The first-order valence-corrected chi connectivity index (χ1v) is 9.51. The molecular formula is C18H12ClNO4S2. The summed E-state index contributed by atoms with van der Waals surface area (Å²) in [5.74, 6) is -1.91. The van der Waals surface area contributed by atoms with Gasteiger partial charge in [0.2, 0.25) is 0 Å². The summed E-state index contributed by atoms with van der Waals surface area (Å²) in [6.07, 6.45) is 2.75. The van der Waals surface area contributed by atoms with Crippen molar-refractivity contribution in [2.75, 3.05) is 6.61 Å². The van der Waals surface area contributed by atoms with Crippen LogP contribution in [0, 0.1) is 0 Å². The molecule has 5 nitrogen and oxygen atoms in total. The molecule has 0 bridgehead atoms. The molecule has 2 aromatic heterocycles. The van der Waals surface area contributed by atoms with Crippen LogP contribution < -0.4 is 5.32 Å². The van der Waals surface area contributed by atoms with Gasteiger partial charge in [-0.15, -0.1) is 22.7 Å². The van der Waals surface area contributed by atoms with Gasteiger partial charge in [-0.1, -0.05) is 35.9 Å². The molecule has 2 heterocycles. The predicted octanol–water partition coefficient (Wildman–Crippen LogP) is 4.13. The minimum atomic E-state index is -0.697. The van der Waals surface area contributed by atoms with E-state index in [0.717, 1.165) is 15.0 Å². The average molecular weight is 406 g/mol. The number of nitrogens with one attached hydrogen (secondary N) is 1. The molecule has 0 aliphatic heterocycles. The zero-order valence-corrected chi connectivity index (χ0v) is 15.6. The fraction of sp³-hybridized carbons (Fsp3) is 0.0556. The van der Waals surface area contributed by atoms with Gasteiger partial charge in [0.1, 0.15) is 0 Å². The number of carbonyl (C=O) groups is 3. The molecule has 0 fully saturated rings. The first kappa shape index (κ1) is 18.3. The Balaban J connectivity index is 1.53. The number of hydrogen-bond acceptors (Lipinski definition) is 6. The van der Waals surface area contributed by atoms with Crippen LogP contribution in [0.5, 0.6) is 0 Å². The molecule has 0 saturated heterocycles. The molecule has 1 N–H and O–H groups in total. The van der Waals surface area contributed by atoms with Gasteiger partial charge in [0.15, 0.2) is 6.61 Å². The third kappa shape index (κ3) is 4.37. The van der Waals surface area contributed by atoms with Crippen LogP contribution in [-0.2, 0) is 14.3 Å². The van der Waals surface area contributed by atoms with E-state index in [2.05, 4.69) is 5.32 Å². The lowest BCUT2D eigenvalue weighted by atomic mass is 10.2. The standard InChI is InChI=1S/C18H12ClNO4S2/c19-17-11-4-1-2-5-12(11)26-13(17)7-8-16(22)24-10-15(21)20-18(23)14-6-3-9-25-14/h1-9H,10H2,(H,20,21,23)/b8-7+. The smallest absolute Gasteiger partial charge is 0.331 e. The first-order chi connectivity index (χ1) is 12.5. The highest BCUT2D eigenvalue weighted by molar-refractivity contribution is 7.20. The number of halogens is 1. The lowest BCUT2D eigenvalue weighted by Gasteiger charge is -2.02. The van der Waals surface area contributed by atoms with Crippen LogP contribution in [0.15, 0.2) is 47.9 Å². The molecule has 3 rings (SSSR count). The highest BCUT2D eigenvalue weighted by atomic mass is 35.5. The van der Waals surface area contributed by atoms with E-state index in [4.69, 9.17) is 16.3 Å². The molecule has 0 unspecified atom stereocenters. The molecule has 0 atom stereocenters. The number of ether oxygens (including phenoxy) is 1. The fourth-order valence-corrected chi connectivity index (χ4v) is 4.12. The summed E-state index contributed by atoms with van der Waals surface area (Å²) in [5, 5.41) is 5.36. The van der Waals surface area contributed by atoms with Crippen LogP contribution in [0.25, 0.3) is 16.2 Å². The predicted molar refractivity (Wildman–Crippen MR) is 104 cm³/mol. The highest BCUT2D eigenvalue weighted by Crippen LogP contribution is 2.35. The number of thiophene rings is 2. The van der Waals surface area contributed by atoms with Crippen molar-refractivity contribution in [3.05, 3.63) is 62.6 Å². The largest absolute Gasteiger partial charge is 0.452 e. The maximum Gasteiger partial charge on any atom is 0.331 e. The number of hydrogen-bond donors (Lipinski definition) is 1. The van der Waals surface area contributed by atoms with E-state index >= 15 is 0 Å². The number of amides is 2. The molecular weight excluding hydrogens is 394 g/mol. The van der Waals surface area contributed by atoms with Gasteiger partial charge in [0.05, 0.1) is 9.90 Å². The van der Waals surface area contributed by atoms with Crippen LogP contribution >= 0.6 is 34.3 Å². The molecule has 1 aromatic carbocycles. The van der Waals surface area contributed by atoms with Gasteiger partial charge in [-0.25, -0.2) is 4.79 Å². The van der Waals surface area contributed by atoms with E-state index in [1.54, 1.807) is 23.6 Å². The Labute approximate surface area is 161 Å². The summed E-state index contributed by atoms with van der Waals surface area (Å²) in [5.41, 5.74) is 0. The van der Waals surface area contributed by atoms with Gasteiger partial charge in [0, 0.05) is 21.0 Å². The second-order valence-electron chi connectivity index (χ2n) is 5.07. The molecule has 132 valence electrons. The van der Waals surface area contributed by atoms with Crippen molar-refractivity contribution in [1.82, 2.24) is 5.32 Å². The van der Waals surface area contributed by atoms with E-state index in [1.807, 2.05) is 24.3 Å². The van der Waals surface area contributed by atoms with Gasteiger partial charge in [-0.05, 0) is 23.6 Å². The molecule has 0 spiro atoms. The number of rotatable bonds is 5. The summed E-state index contributed by atoms with van der Waals surface area (Å²) in [6.45, 7) is -0.541. The number of esters is 1. The van der Waals surface area contributed by atoms with Crippen molar-refractivity contribution in [3.63, 3.8) is 0 Å². The summed E-state index contributed by atoms with van der Waals surface area (Å²) < 4.78 is 5.84. The minimum absolute atomic E-state index is 0.406. The van der Waals surface area contributed by atoms with Crippen molar-refractivity contribution in [3.8, 4) is 0 Å². The molecule has 0 saturated carbocycles. The average Bonchev–Trinajstić information content (AvgIpc) is 3.27. The Kier molecular flexibility index (Phi) is 5.82. The fourth-order valence-electron chi connectivity index (χ4n) is 2.10. The van der Waals surface area contributed by atoms with E-state index < -0.39 is 24.4 Å². The number of carbonyl (C=O) groups excluding carboxylic acids is 3. The lowest BCUT2D eigenvalue weighted by Crippen LogP contribution is -2.33. The second kappa shape index (κ2) is 8.27. The van der Waals surface area contributed by atoms with E-state index in [9.17, 15) is 14.4 Å². The van der Waals surface area contributed by atoms with Crippen molar-refractivity contribution >= 4 is 68.2 Å². The van der Waals surface area contributed by atoms with Gasteiger partial charge in [0.25, 0.3) is 11.8 Å². The molecule has 0 aliphatic rings. The molecule has 0 aliphatic carbocycles. The Morgan fingerprint density at radius 2 is 1.96 bits per heavy atom. The quantitative estimate of drug-likeness (QED) is 0.511. The van der Waals surface area contributed by atoms with Gasteiger partial charge in [-0.2, -0.15) is 0 Å². The topological polar surface area (TPSA) is 72.5 Å². The van der Waals surface area contributed by atoms with Crippen molar-refractivity contribution in [2.45, 2.75) is 0 Å². The number of benzene rings is 1. The lowest BCUT2D eigenvalue weighted by molar-refractivity contribution is -0.143. The van der Waals surface area contributed by atoms with Crippen molar-refractivity contribution in [2.24, 2.45) is 0 Å². The number of fused-ring (bicyclic) bond motifs is 1. The third-order valence-corrected chi connectivity index (χ3v) is 5.80. The third-order valence-electron chi connectivity index (χ3n) is 3.27. The zero-order valence-electron chi connectivity index (χ0n) is 13.2. The van der Waals surface area contributed by atoms with Gasteiger partial charge < -0.3 is 4.74 Å². The SMILES string of the molecule is O=C(COC(=O)/C=C/c1sc2ccccc2c1Cl)NC(=O)c1cccs1. The maximum atomic E-state index is 11.8. The van der Waals surface area contributed by atoms with E-state index in [-0.39, 0.29) is 0 Å². The van der Waals surface area contributed by atoms with Gasteiger partial charge in [-0.3, -0.25) is 14.9 Å². The summed E-state index contributed by atoms with van der Waals surface area (Å²) >= 11 is 8.94.